The van der Waals surface area contributed by atoms with Crippen LogP contribution in [-0.2, 0) is 11.3 Å². The van der Waals surface area contributed by atoms with Gasteiger partial charge in [-0.1, -0.05) is 25.0 Å². The zero-order chi connectivity index (χ0) is 20.5. The third-order valence-electron chi connectivity index (χ3n) is 5.67. The number of amides is 1. The molecule has 1 amide bonds. The summed E-state index contributed by atoms with van der Waals surface area (Å²) in [4.78, 5) is 24.0. The number of benzene rings is 1. The van der Waals surface area contributed by atoms with Crippen LogP contribution in [0.2, 0.25) is 0 Å². The Labute approximate surface area is 174 Å². The molecule has 2 saturated heterocycles. The van der Waals surface area contributed by atoms with Gasteiger partial charge >= 0.3 is 0 Å². The lowest BCUT2D eigenvalue weighted by atomic mass is 10.2. The van der Waals surface area contributed by atoms with E-state index in [-0.39, 0.29) is 11.7 Å². The molecule has 3 rings (SSSR count). The third-order valence-corrected chi connectivity index (χ3v) is 5.67. The van der Waals surface area contributed by atoms with E-state index in [9.17, 15) is 9.90 Å². The number of hydrogen-bond donors (Lipinski definition) is 2. The first-order valence-corrected chi connectivity index (χ1v) is 11.0. The van der Waals surface area contributed by atoms with Crippen molar-refractivity contribution in [3.63, 3.8) is 0 Å². The lowest BCUT2D eigenvalue weighted by Crippen LogP contribution is -2.54. The van der Waals surface area contributed by atoms with E-state index in [0.29, 0.717) is 13.1 Å². The van der Waals surface area contributed by atoms with Crippen LogP contribution in [0.3, 0.4) is 0 Å². The number of rotatable bonds is 5. The second kappa shape index (κ2) is 11.0. The molecule has 0 aliphatic carbocycles. The number of carbonyl (C=O) groups excluding carboxylic acids is 1. The number of nitrogens with one attached hydrogen (secondary N) is 1. The molecule has 7 nitrogen and oxygen atoms in total. The molecule has 2 fully saturated rings. The van der Waals surface area contributed by atoms with Gasteiger partial charge in [-0.2, -0.15) is 0 Å². The third kappa shape index (κ3) is 6.63. The molecule has 0 unspecified atom stereocenters. The molecule has 0 spiro atoms. The molecule has 2 aliphatic heterocycles. The molecule has 0 aromatic heterocycles. The van der Waals surface area contributed by atoms with Crippen LogP contribution in [0.25, 0.3) is 0 Å². The number of phenolic OH excluding ortho intramolecular Hbond substituents is 1. The topological polar surface area (TPSA) is 71.4 Å². The average molecular weight is 402 g/mol. The molecule has 7 heteroatoms. The van der Waals surface area contributed by atoms with Gasteiger partial charge in [0, 0.05) is 45.8 Å². The van der Waals surface area contributed by atoms with Crippen LogP contribution in [0.15, 0.2) is 29.3 Å². The van der Waals surface area contributed by atoms with Gasteiger partial charge in [0.2, 0.25) is 5.91 Å². The van der Waals surface area contributed by atoms with E-state index in [1.807, 2.05) is 12.1 Å². The molecule has 0 atom stereocenters. The van der Waals surface area contributed by atoms with Crippen molar-refractivity contribution in [2.45, 2.75) is 39.2 Å². The lowest BCUT2D eigenvalue weighted by molar-refractivity contribution is -0.132. The number of aromatic hydroxyl groups is 1. The summed E-state index contributed by atoms with van der Waals surface area (Å²) in [5.41, 5.74) is 1.07. The van der Waals surface area contributed by atoms with E-state index in [2.05, 4.69) is 26.9 Å². The van der Waals surface area contributed by atoms with Gasteiger partial charge < -0.3 is 20.2 Å². The monoisotopic (exact) mass is 401 g/mol. The fraction of sp³-hybridized carbons (Fsp3) is 0.636. The van der Waals surface area contributed by atoms with Crippen LogP contribution in [0.5, 0.6) is 5.75 Å². The van der Waals surface area contributed by atoms with Crippen molar-refractivity contribution in [3.8, 4) is 5.75 Å². The Morgan fingerprint density at radius 1 is 0.966 bits per heavy atom. The maximum Gasteiger partial charge on any atom is 0.236 e. The summed E-state index contributed by atoms with van der Waals surface area (Å²) in [6, 6.07) is 7.18. The minimum absolute atomic E-state index is 0.274. The highest BCUT2D eigenvalue weighted by atomic mass is 16.3. The van der Waals surface area contributed by atoms with Gasteiger partial charge in [0.05, 0.1) is 13.1 Å². The number of nitrogens with zero attached hydrogens (tertiary/aromatic N) is 4. The second-order valence-electron chi connectivity index (χ2n) is 7.89. The van der Waals surface area contributed by atoms with Crippen LogP contribution < -0.4 is 5.32 Å². The van der Waals surface area contributed by atoms with Crippen LogP contribution in [0.1, 0.15) is 38.2 Å². The van der Waals surface area contributed by atoms with Gasteiger partial charge in [0.25, 0.3) is 0 Å². The minimum Gasteiger partial charge on any atom is -0.508 e. The summed E-state index contributed by atoms with van der Waals surface area (Å²) >= 11 is 0. The number of carbonyl (C=O) groups is 1. The standard InChI is InChI=1S/C22H35N5O2/c1-2-23-22(24-17-19-7-9-20(28)10-8-19)27-15-13-25(14-16-27)18-21(29)26-11-5-3-4-6-12-26/h7-10,28H,2-6,11-18H2,1H3,(H,23,24). The fourth-order valence-corrected chi connectivity index (χ4v) is 3.92. The van der Waals surface area contributed by atoms with E-state index < -0.39 is 0 Å². The molecule has 0 bridgehead atoms. The normalized spacial score (nSPS) is 19.1. The van der Waals surface area contributed by atoms with Crippen molar-refractivity contribution >= 4 is 11.9 Å². The van der Waals surface area contributed by atoms with E-state index in [1.54, 1.807) is 12.1 Å². The first-order valence-electron chi connectivity index (χ1n) is 11.0. The molecule has 1 aromatic carbocycles. The number of hydrogen-bond acceptors (Lipinski definition) is 4. The summed E-state index contributed by atoms with van der Waals surface area (Å²) in [5, 5.41) is 12.8. The Balaban J connectivity index is 1.49. The Bertz CT molecular complexity index is 660. The molecule has 1 aromatic rings. The quantitative estimate of drug-likeness (QED) is 0.582. The first kappa shape index (κ1) is 21.4. The van der Waals surface area contributed by atoms with Crippen molar-refractivity contribution in [2.75, 3.05) is 52.4 Å². The van der Waals surface area contributed by atoms with Gasteiger partial charge in [0.15, 0.2) is 5.96 Å². The van der Waals surface area contributed by atoms with Gasteiger partial charge in [-0.05, 0) is 37.5 Å². The Morgan fingerprint density at radius 3 is 2.24 bits per heavy atom. The molecule has 2 N–H and O–H groups in total. The number of aliphatic imine (C=N–C) groups is 1. The number of likely N-dealkylation sites (tertiary alicyclic amines) is 1. The largest absolute Gasteiger partial charge is 0.508 e. The zero-order valence-electron chi connectivity index (χ0n) is 17.6. The molecule has 0 saturated carbocycles. The maximum absolute atomic E-state index is 12.6. The summed E-state index contributed by atoms with van der Waals surface area (Å²) in [6.07, 6.45) is 4.78. The van der Waals surface area contributed by atoms with Crippen molar-refractivity contribution in [3.05, 3.63) is 29.8 Å². The summed E-state index contributed by atoms with van der Waals surface area (Å²) in [5.74, 6) is 1.47. The number of guanidine groups is 1. The lowest BCUT2D eigenvalue weighted by Gasteiger charge is -2.37. The van der Waals surface area contributed by atoms with Gasteiger partial charge in [-0.25, -0.2) is 4.99 Å². The summed E-state index contributed by atoms with van der Waals surface area (Å²) < 4.78 is 0. The Hall–Kier alpha value is -2.28. The molecule has 160 valence electrons. The second-order valence-corrected chi connectivity index (χ2v) is 7.89. The Kier molecular flexibility index (Phi) is 8.16. The van der Waals surface area contributed by atoms with Crippen LogP contribution >= 0.6 is 0 Å². The van der Waals surface area contributed by atoms with Crippen molar-refractivity contribution in [2.24, 2.45) is 4.99 Å². The molecule has 2 aliphatic rings. The number of piperazine rings is 1. The highest BCUT2D eigenvalue weighted by molar-refractivity contribution is 5.80. The van der Waals surface area contributed by atoms with Crippen molar-refractivity contribution in [1.29, 1.82) is 0 Å². The first-order chi connectivity index (χ1) is 14.2. The van der Waals surface area contributed by atoms with Crippen molar-refractivity contribution < 1.29 is 9.90 Å². The highest BCUT2D eigenvalue weighted by Crippen LogP contribution is 2.12. The van der Waals surface area contributed by atoms with E-state index in [4.69, 9.17) is 4.99 Å². The summed E-state index contributed by atoms with van der Waals surface area (Å²) in [6.45, 7) is 9.36. The fourth-order valence-electron chi connectivity index (χ4n) is 3.92. The zero-order valence-corrected chi connectivity index (χ0v) is 17.6. The van der Waals surface area contributed by atoms with E-state index >= 15 is 0 Å². The van der Waals surface area contributed by atoms with Gasteiger partial charge in [0.1, 0.15) is 5.75 Å². The minimum atomic E-state index is 0.274. The molecule has 2 heterocycles. The van der Waals surface area contributed by atoms with Crippen LogP contribution in [0.4, 0.5) is 0 Å². The van der Waals surface area contributed by atoms with Crippen molar-refractivity contribution in [1.82, 2.24) is 20.0 Å². The van der Waals surface area contributed by atoms with E-state index in [1.165, 1.54) is 12.8 Å². The predicted octanol–water partition coefficient (Wildman–Crippen LogP) is 1.88. The smallest absolute Gasteiger partial charge is 0.236 e. The maximum atomic E-state index is 12.6. The van der Waals surface area contributed by atoms with Crippen LogP contribution in [0, 0.1) is 0 Å². The summed E-state index contributed by atoms with van der Waals surface area (Å²) in [7, 11) is 0. The van der Waals surface area contributed by atoms with E-state index in [0.717, 1.165) is 70.2 Å². The SMILES string of the molecule is CCNC(=NCc1ccc(O)cc1)N1CCN(CC(=O)N2CCCCCC2)CC1. The van der Waals surface area contributed by atoms with Gasteiger partial charge in [-0.15, -0.1) is 0 Å². The predicted molar refractivity (Wildman–Crippen MR) is 116 cm³/mol. The number of phenols is 1. The molecular weight excluding hydrogens is 366 g/mol. The van der Waals surface area contributed by atoms with Crippen LogP contribution in [-0.4, -0.2) is 84.0 Å². The van der Waals surface area contributed by atoms with Gasteiger partial charge in [-0.3, -0.25) is 9.69 Å². The highest BCUT2D eigenvalue weighted by Gasteiger charge is 2.23. The Morgan fingerprint density at radius 2 is 1.62 bits per heavy atom. The average Bonchev–Trinajstić information content (AvgIpc) is 3.03. The molecule has 29 heavy (non-hydrogen) atoms. The molecule has 0 radical (unpaired) electrons. The molecular formula is C22H35N5O2.